The number of nitrogens with zero attached hydrogens (tertiary/aromatic N) is 3. The monoisotopic (exact) mass is 483 g/mol. The van der Waals surface area contributed by atoms with Crippen LogP contribution >= 0.6 is 11.3 Å². The fourth-order valence-corrected chi connectivity index (χ4v) is 5.13. The summed E-state index contributed by atoms with van der Waals surface area (Å²) >= 11 is 1.47. The van der Waals surface area contributed by atoms with E-state index in [0.717, 1.165) is 38.1 Å². The molecule has 0 saturated carbocycles. The molecule has 0 saturated heterocycles. The van der Waals surface area contributed by atoms with Crippen LogP contribution in [0, 0.1) is 0 Å². The lowest BCUT2D eigenvalue weighted by Crippen LogP contribution is -2.19. The van der Waals surface area contributed by atoms with Crippen molar-refractivity contribution < 1.29 is 14.3 Å². The normalized spacial score (nSPS) is 11.9. The molecule has 6 nitrogen and oxygen atoms in total. The minimum atomic E-state index is -0.302. The Labute approximate surface area is 207 Å². The van der Waals surface area contributed by atoms with Gasteiger partial charge in [0.1, 0.15) is 5.75 Å². The van der Waals surface area contributed by atoms with E-state index in [1.54, 1.807) is 7.11 Å². The summed E-state index contributed by atoms with van der Waals surface area (Å²) < 4.78 is 14.0. The lowest BCUT2D eigenvalue weighted by Gasteiger charge is -2.08. The highest BCUT2D eigenvalue weighted by Crippen LogP contribution is 2.26. The first kappa shape index (κ1) is 23.0. The van der Waals surface area contributed by atoms with Crippen molar-refractivity contribution in [2.24, 2.45) is 4.99 Å². The molecular formula is C28H25N3O3S. The summed E-state index contributed by atoms with van der Waals surface area (Å²) in [5.41, 5.74) is 3.98. The molecule has 3 aromatic carbocycles. The average molecular weight is 484 g/mol. The van der Waals surface area contributed by atoms with Crippen molar-refractivity contribution in [3.05, 3.63) is 89.2 Å². The van der Waals surface area contributed by atoms with Crippen LogP contribution in [0.2, 0.25) is 0 Å². The number of thiazole rings is 1. The molecular weight excluding hydrogens is 458 g/mol. The predicted octanol–water partition coefficient (Wildman–Crippen LogP) is 5.70. The molecule has 2 aromatic heterocycles. The van der Waals surface area contributed by atoms with Gasteiger partial charge in [0.2, 0.25) is 0 Å². The van der Waals surface area contributed by atoms with E-state index >= 15 is 0 Å². The Morgan fingerprint density at radius 3 is 2.63 bits per heavy atom. The zero-order valence-electron chi connectivity index (χ0n) is 19.6. The van der Waals surface area contributed by atoms with E-state index in [1.807, 2.05) is 90.4 Å². The summed E-state index contributed by atoms with van der Waals surface area (Å²) in [6, 6.07) is 25.3. The van der Waals surface area contributed by atoms with Gasteiger partial charge in [0.05, 0.1) is 40.2 Å². The molecule has 35 heavy (non-hydrogen) atoms. The molecule has 0 bridgehead atoms. The molecule has 0 aliphatic heterocycles. The van der Waals surface area contributed by atoms with E-state index in [9.17, 15) is 4.79 Å². The topological polar surface area (TPSA) is 65.7 Å². The van der Waals surface area contributed by atoms with Crippen molar-refractivity contribution >= 4 is 38.4 Å². The van der Waals surface area contributed by atoms with E-state index < -0.39 is 0 Å². The van der Waals surface area contributed by atoms with Crippen LogP contribution in [-0.2, 0) is 11.3 Å². The summed E-state index contributed by atoms with van der Waals surface area (Å²) in [7, 11) is 1.67. The van der Waals surface area contributed by atoms with Crippen molar-refractivity contribution in [1.82, 2.24) is 9.55 Å². The van der Waals surface area contributed by atoms with Crippen molar-refractivity contribution in [2.75, 3.05) is 20.3 Å². The van der Waals surface area contributed by atoms with E-state index in [0.29, 0.717) is 30.1 Å². The SMILES string of the molecule is CCOc1ccc2c(c1)sc(=NC(=O)c1cc(-c3ccccc3)nc3ccccc13)n2CCOC. The van der Waals surface area contributed by atoms with Crippen LogP contribution in [0.15, 0.2) is 83.9 Å². The largest absolute Gasteiger partial charge is 0.494 e. The van der Waals surface area contributed by atoms with Crippen molar-refractivity contribution in [2.45, 2.75) is 13.5 Å². The highest BCUT2D eigenvalue weighted by Gasteiger charge is 2.15. The van der Waals surface area contributed by atoms with Crippen LogP contribution in [0.3, 0.4) is 0 Å². The lowest BCUT2D eigenvalue weighted by atomic mass is 10.0. The van der Waals surface area contributed by atoms with Gasteiger partial charge in [-0.3, -0.25) is 4.79 Å². The zero-order valence-corrected chi connectivity index (χ0v) is 20.4. The number of carbonyl (C=O) groups excluding carboxylic acids is 1. The standard InChI is InChI=1S/C28H25N3O3S/c1-3-34-20-13-14-25-26(17-20)35-28(31(25)15-16-33-2)30-27(32)22-18-24(19-9-5-4-6-10-19)29-23-12-8-7-11-21(22)23/h4-14,17-18H,3,15-16H2,1-2H3. The molecule has 2 heterocycles. The Balaban J connectivity index is 1.66. The maximum absolute atomic E-state index is 13.6. The molecule has 5 rings (SSSR count). The van der Waals surface area contributed by atoms with Gasteiger partial charge in [-0.15, -0.1) is 0 Å². The molecule has 0 aliphatic rings. The molecule has 0 atom stereocenters. The van der Waals surface area contributed by atoms with Crippen LogP contribution in [0.5, 0.6) is 5.75 Å². The van der Waals surface area contributed by atoms with Gasteiger partial charge in [-0.1, -0.05) is 59.9 Å². The number of para-hydroxylation sites is 1. The van der Waals surface area contributed by atoms with Gasteiger partial charge in [0, 0.05) is 24.6 Å². The molecule has 0 unspecified atom stereocenters. The predicted molar refractivity (Wildman–Crippen MR) is 140 cm³/mol. The van der Waals surface area contributed by atoms with Gasteiger partial charge in [-0.2, -0.15) is 4.99 Å². The van der Waals surface area contributed by atoms with Gasteiger partial charge >= 0.3 is 0 Å². The van der Waals surface area contributed by atoms with Gasteiger partial charge < -0.3 is 14.0 Å². The van der Waals surface area contributed by atoms with Crippen LogP contribution in [0.25, 0.3) is 32.4 Å². The van der Waals surface area contributed by atoms with Crippen LogP contribution < -0.4 is 9.54 Å². The van der Waals surface area contributed by atoms with Crippen LogP contribution in [-0.4, -0.2) is 35.8 Å². The van der Waals surface area contributed by atoms with Gasteiger partial charge in [0.25, 0.3) is 5.91 Å². The Kier molecular flexibility index (Phi) is 6.70. The van der Waals surface area contributed by atoms with Gasteiger partial charge in [-0.25, -0.2) is 4.98 Å². The quantitative estimate of drug-likeness (QED) is 0.298. The van der Waals surface area contributed by atoms with Crippen molar-refractivity contribution in [3.8, 4) is 17.0 Å². The van der Waals surface area contributed by atoms with Gasteiger partial charge in [0.15, 0.2) is 4.80 Å². The number of carbonyl (C=O) groups is 1. The third kappa shape index (κ3) is 4.73. The minimum Gasteiger partial charge on any atom is -0.494 e. The molecule has 7 heteroatoms. The molecule has 0 fully saturated rings. The maximum Gasteiger partial charge on any atom is 0.280 e. The second-order valence-electron chi connectivity index (χ2n) is 7.95. The van der Waals surface area contributed by atoms with Crippen LogP contribution in [0.4, 0.5) is 0 Å². The van der Waals surface area contributed by atoms with E-state index in [1.165, 1.54) is 11.3 Å². The molecule has 1 amide bonds. The summed E-state index contributed by atoms with van der Waals surface area (Å²) in [6.45, 7) is 3.65. The van der Waals surface area contributed by atoms with E-state index in [-0.39, 0.29) is 5.91 Å². The first-order valence-electron chi connectivity index (χ1n) is 11.5. The molecule has 176 valence electrons. The Bertz CT molecular complexity index is 1570. The lowest BCUT2D eigenvalue weighted by molar-refractivity contribution is 0.0999. The number of amides is 1. The second kappa shape index (κ2) is 10.2. The van der Waals surface area contributed by atoms with Crippen molar-refractivity contribution in [3.63, 3.8) is 0 Å². The number of ether oxygens (including phenoxy) is 2. The maximum atomic E-state index is 13.6. The fraction of sp³-hybridized carbons (Fsp3) is 0.179. The molecule has 0 aliphatic carbocycles. The zero-order chi connectivity index (χ0) is 24.2. The summed E-state index contributed by atoms with van der Waals surface area (Å²) in [5, 5.41) is 0.782. The number of rotatable bonds is 7. The summed E-state index contributed by atoms with van der Waals surface area (Å²) in [4.78, 5) is 23.6. The number of fused-ring (bicyclic) bond motifs is 2. The first-order chi connectivity index (χ1) is 17.2. The number of pyridine rings is 1. The number of hydrogen-bond acceptors (Lipinski definition) is 5. The molecule has 5 aromatic rings. The minimum absolute atomic E-state index is 0.302. The summed E-state index contributed by atoms with van der Waals surface area (Å²) in [6.07, 6.45) is 0. The first-order valence-corrected chi connectivity index (χ1v) is 12.3. The van der Waals surface area contributed by atoms with E-state index in [2.05, 4.69) is 4.99 Å². The Morgan fingerprint density at radius 1 is 1.03 bits per heavy atom. The average Bonchev–Trinajstić information content (AvgIpc) is 3.23. The highest BCUT2D eigenvalue weighted by molar-refractivity contribution is 7.16. The number of benzene rings is 3. The number of methoxy groups -OCH3 is 1. The molecule has 0 radical (unpaired) electrons. The van der Waals surface area contributed by atoms with Crippen molar-refractivity contribution in [1.29, 1.82) is 0 Å². The smallest absolute Gasteiger partial charge is 0.280 e. The third-order valence-electron chi connectivity index (χ3n) is 5.70. The molecule has 0 spiro atoms. The number of aromatic nitrogens is 2. The Hall–Kier alpha value is -3.81. The third-order valence-corrected chi connectivity index (χ3v) is 6.74. The van der Waals surface area contributed by atoms with E-state index in [4.69, 9.17) is 14.5 Å². The van der Waals surface area contributed by atoms with Gasteiger partial charge in [-0.05, 0) is 37.3 Å². The van der Waals surface area contributed by atoms with Crippen LogP contribution in [0.1, 0.15) is 17.3 Å². The second-order valence-corrected chi connectivity index (χ2v) is 8.96. The summed E-state index contributed by atoms with van der Waals surface area (Å²) in [5.74, 6) is 0.495. The Morgan fingerprint density at radius 2 is 1.83 bits per heavy atom. The number of hydrogen-bond donors (Lipinski definition) is 0. The highest BCUT2D eigenvalue weighted by atomic mass is 32.1. The fourth-order valence-electron chi connectivity index (χ4n) is 4.05. The molecule has 0 N–H and O–H groups in total.